The molecule has 0 radical (unpaired) electrons. The maximum absolute atomic E-state index is 9.55. The Labute approximate surface area is 163 Å². The first kappa shape index (κ1) is 20.8. The number of aryl methyl sites for hydroxylation is 2. The van der Waals surface area contributed by atoms with E-state index in [9.17, 15) is 9.59 Å². The molecule has 1 aliphatic rings. The van der Waals surface area contributed by atoms with Crippen molar-refractivity contribution in [1.82, 2.24) is 9.88 Å². The lowest BCUT2D eigenvalue weighted by atomic mass is 10.2. The van der Waals surface area contributed by atoms with E-state index in [4.69, 9.17) is 10.2 Å². The van der Waals surface area contributed by atoms with Crippen molar-refractivity contribution in [3.05, 3.63) is 59.9 Å². The van der Waals surface area contributed by atoms with Gasteiger partial charge in [0.25, 0.3) is 0 Å². The van der Waals surface area contributed by atoms with Gasteiger partial charge in [-0.25, -0.2) is 9.59 Å². The molecule has 28 heavy (non-hydrogen) atoms. The molecule has 4 N–H and O–H groups in total. The quantitative estimate of drug-likeness (QED) is 0.568. The second kappa shape index (κ2) is 9.96. The van der Waals surface area contributed by atoms with Gasteiger partial charge in [-0.1, -0.05) is 12.1 Å². The summed E-state index contributed by atoms with van der Waals surface area (Å²) < 4.78 is 2.27. The predicted octanol–water partition coefficient (Wildman–Crippen LogP) is 2.22. The van der Waals surface area contributed by atoms with Crippen LogP contribution in [0, 0.1) is 13.8 Å². The zero-order chi connectivity index (χ0) is 20.5. The Morgan fingerprint density at radius 3 is 2.25 bits per heavy atom. The average molecular weight is 384 g/mol. The number of carboxylic acid groups (broad SMARTS) is 2. The number of aromatic nitrogens is 1. The lowest BCUT2D eigenvalue weighted by Gasteiger charge is -2.16. The van der Waals surface area contributed by atoms with Gasteiger partial charge in [0.15, 0.2) is 0 Å². The molecule has 1 aromatic heterocycles. The van der Waals surface area contributed by atoms with Crippen LogP contribution in [0.3, 0.4) is 0 Å². The number of nitrogens with zero attached hydrogens (tertiary/aromatic N) is 2. The Morgan fingerprint density at radius 2 is 1.71 bits per heavy atom. The number of para-hydroxylation sites is 2. The van der Waals surface area contributed by atoms with E-state index in [0.717, 1.165) is 31.2 Å². The average Bonchev–Trinajstić information content (AvgIpc) is 3.29. The van der Waals surface area contributed by atoms with E-state index >= 15 is 0 Å². The smallest absolute Gasteiger partial charge is 0.328 e. The van der Waals surface area contributed by atoms with E-state index < -0.39 is 11.9 Å². The molecule has 0 spiro atoms. The third-order valence-corrected chi connectivity index (χ3v) is 3.97. The largest absolute Gasteiger partial charge is 0.478 e. The highest BCUT2D eigenvalue weighted by Gasteiger charge is 2.10. The summed E-state index contributed by atoms with van der Waals surface area (Å²) in [4.78, 5) is 23.5. The number of carbonyl (C=O) groups is 2. The summed E-state index contributed by atoms with van der Waals surface area (Å²) >= 11 is 0. The number of hydrogen-bond donors (Lipinski definition) is 4. The Kier molecular flexibility index (Phi) is 7.38. The van der Waals surface area contributed by atoms with Gasteiger partial charge in [-0.3, -0.25) is 4.99 Å². The predicted molar refractivity (Wildman–Crippen MR) is 108 cm³/mol. The molecule has 8 nitrogen and oxygen atoms in total. The minimum Gasteiger partial charge on any atom is -0.478 e. The van der Waals surface area contributed by atoms with Crippen molar-refractivity contribution >= 4 is 23.5 Å². The molecule has 1 aromatic carbocycles. The highest BCUT2D eigenvalue weighted by molar-refractivity contribution is 5.89. The van der Waals surface area contributed by atoms with Crippen LogP contribution in [0.4, 0.5) is 5.69 Å². The minimum atomic E-state index is -1.26. The normalized spacial score (nSPS) is 12.7. The molecular formula is C20H24N4O4. The lowest BCUT2D eigenvalue weighted by Crippen LogP contribution is -2.26. The van der Waals surface area contributed by atoms with Crippen LogP contribution in [-0.4, -0.2) is 52.2 Å². The number of benzene rings is 1. The molecule has 0 bridgehead atoms. The Hall–Kier alpha value is -3.55. The third-order valence-electron chi connectivity index (χ3n) is 3.97. The van der Waals surface area contributed by atoms with Gasteiger partial charge in [0.2, 0.25) is 0 Å². The minimum absolute atomic E-state index is 0.558. The van der Waals surface area contributed by atoms with Gasteiger partial charge in [0.1, 0.15) is 5.84 Å². The molecule has 0 saturated carbocycles. The van der Waals surface area contributed by atoms with Crippen molar-refractivity contribution in [2.45, 2.75) is 13.8 Å². The zero-order valence-electron chi connectivity index (χ0n) is 15.8. The van der Waals surface area contributed by atoms with Crippen molar-refractivity contribution in [3.63, 3.8) is 0 Å². The standard InChI is InChI=1S/C16H20N4.C4H4O4/c1-12-7-8-13(2)20(12)15-6-4-3-5-14(15)19-11-16-17-9-10-18-16;5-3(6)1-2-4(7)8/h3-8,19H,9-11H2,1-2H3,(H,17,18);1-2H,(H,5,6)(H,7,8). The van der Waals surface area contributed by atoms with Crippen molar-refractivity contribution in [3.8, 4) is 5.69 Å². The number of anilines is 1. The Morgan fingerprint density at radius 1 is 1.11 bits per heavy atom. The lowest BCUT2D eigenvalue weighted by molar-refractivity contribution is -0.134. The first-order valence-electron chi connectivity index (χ1n) is 8.78. The molecule has 2 heterocycles. The molecule has 0 aliphatic carbocycles. The maximum atomic E-state index is 9.55. The molecule has 2 aromatic rings. The fraction of sp³-hybridized carbons (Fsp3) is 0.250. The molecule has 0 fully saturated rings. The van der Waals surface area contributed by atoms with Crippen LogP contribution in [0.1, 0.15) is 11.4 Å². The van der Waals surface area contributed by atoms with Gasteiger partial charge in [-0.2, -0.15) is 0 Å². The van der Waals surface area contributed by atoms with Gasteiger partial charge < -0.3 is 25.4 Å². The van der Waals surface area contributed by atoms with E-state index in [1.54, 1.807) is 0 Å². The number of hydrogen-bond acceptors (Lipinski definition) is 5. The summed E-state index contributed by atoms with van der Waals surface area (Å²) in [6.07, 6.45) is 1.12. The molecule has 0 amide bonds. The summed E-state index contributed by atoms with van der Waals surface area (Å²) in [5.41, 5.74) is 4.80. The van der Waals surface area contributed by atoms with Gasteiger partial charge in [0.05, 0.1) is 24.5 Å². The SMILES string of the molecule is Cc1ccc(C)n1-c1ccccc1NCC1=NCCN1.O=C(O)C=CC(=O)O. The van der Waals surface area contributed by atoms with Crippen LogP contribution in [-0.2, 0) is 9.59 Å². The van der Waals surface area contributed by atoms with Gasteiger partial charge in [-0.05, 0) is 38.1 Å². The third kappa shape index (κ3) is 6.01. The Bertz CT molecular complexity index is 864. The molecule has 0 saturated heterocycles. The molecule has 8 heteroatoms. The molecular weight excluding hydrogens is 360 g/mol. The van der Waals surface area contributed by atoms with E-state index in [2.05, 4.69) is 70.4 Å². The summed E-state index contributed by atoms with van der Waals surface area (Å²) in [6.45, 7) is 6.85. The summed E-state index contributed by atoms with van der Waals surface area (Å²) in [6, 6.07) is 12.7. The number of aliphatic imine (C=N–C) groups is 1. The second-order valence-electron chi connectivity index (χ2n) is 6.09. The number of rotatable bonds is 6. The molecule has 1 aliphatic heterocycles. The molecule has 148 valence electrons. The second-order valence-corrected chi connectivity index (χ2v) is 6.09. The first-order valence-corrected chi connectivity index (χ1v) is 8.78. The fourth-order valence-electron chi connectivity index (χ4n) is 2.75. The molecule has 3 rings (SSSR count). The van der Waals surface area contributed by atoms with Crippen molar-refractivity contribution in [2.75, 3.05) is 25.0 Å². The van der Waals surface area contributed by atoms with Crippen LogP contribution in [0.5, 0.6) is 0 Å². The van der Waals surface area contributed by atoms with E-state index in [1.807, 2.05) is 0 Å². The maximum Gasteiger partial charge on any atom is 0.328 e. The highest BCUT2D eigenvalue weighted by Crippen LogP contribution is 2.24. The molecule has 0 atom stereocenters. The van der Waals surface area contributed by atoms with E-state index in [0.29, 0.717) is 12.2 Å². The summed E-state index contributed by atoms with van der Waals surface area (Å²) in [5, 5.41) is 22.4. The number of nitrogens with one attached hydrogen (secondary N) is 2. The Balaban J connectivity index is 0.000000300. The fourth-order valence-corrected chi connectivity index (χ4v) is 2.75. The van der Waals surface area contributed by atoms with Crippen LogP contribution >= 0.6 is 0 Å². The van der Waals surface area contributed by atoms with Crippen molar-refractivity contribution < 1.29 is 19.8 Å². The highest BCUT2D eigenvalue weighted by atomic mass is 16.4. The number of aliphatic carboxylic acids is 2. The number of amidine groups is 1. The topological polar surface area (TPSA) is 116 Å². The molecule has 0 unspecified atom stereocenters. The van der Waals surface area contributed by atoms with Crippen molar-refractivity contribution in [2.24, 2.45) is 4.99 Å². The van der Waals surface area contributed by atoms with Gasteiger partial charge in [0, 0.05) is 30.1 Å². The van der Waals surface area contributed by atoms with Crippen LogP contribution < -0.4 is 10.6 Å². The van der Waals surface area contributed by atoms with Crippen LogP contribution in [0.15, 0.2) is 53.5 Å². The van der Waals surface area contributed by atoms with Gasteiger partial charge in [-0.15, -0.1) is 0 Å². The van der Waals surface area contributed by atoms with Crippen LogP contribution in [0.2, 0.25) is 0 Å². The summed E-state index contributed by atoms with van der Waals surface area (Å²) in [5.74, 6) is -1.47. The monoisotopic (exact) mass is 384 g/mol. The van der Waals surface area contributed by atoms with E-state index in [1.165, 1.54) is 17.1 Å². The van der Waals surface area contributed by atoms with E-state index in [-0.39, 0.29) is 0 Å². The van der Waals surface area contributed by atoms with Crippen molar-refractivity contribution in [1.29, 1.82) is 0 Å². The zero-order valence-corrected chi connectivity index (χ0v) is 15.8. The first-order chi connectivity index (χ1) is 13.4. The number of carboxylic acids is 2. The van der Waals surface area contributed by atoms with Crippen LogP contribution in [0.25, 0.3) is 5.69 Å². The summed E-state index contributed by atoms with van der Waals surface area (Å²) in [7, 11) is 0. The van der Waals surface area contributed by atoms with Gasteiger partial charge >= 0.3 is 11.9 Å².